The van der Waals surface area contributed by atoms with Crippen molar-refractivity contribution >= 4 is 11.6 Å². The van der Waals surface area contributed by atoms with E-state index in [4.69, 9.17) is 0 Å². The van der Waals surface area contributed by atoms with Crippen LogP contribution in [0.15, 0.2) is 24.3 Å². The number of hydrogen-bond acceptors (Lipinski definition) is 2. The van der Waals surface area contributed by atoms with Crippen molar-refractivity contribution < 1.29 is 4.79 Å². The molecule has 0 radical (unpaired) electrons. The highest BCUT2D eigenvalue weighted by atomic mass is 16.1. The summed E-state index contributed by atoms with van der Waals surface area (Å²) in [5.41, 5.74) is 1.67. The smallest absolute Gasteiger partial charge is 0.251 e. The van der Waals surface area contributed by atoms with Crippen LogP contribution in [-0.2, 0) is 0 Å². The summed E-state index contributed by atoms with van der Waals surface area (Å²) < 4.78 is 0. The molecule has 0 bridgehead atoms. The molecule has 0 aliphatic carbocycles. The first kappa shape index (κ1) is 12.6. The highest BCUT2D eigenvalue weighted by Crippen LogP contribution is 2.11. The van der Waals surface area contributed by atoms with E-state index >= 15 is 0 Å². The van der Waals surface area contributed by atoms with Crippen molar-refractivity contribution in [2.24, 2.45) is 0 Å². The van der Waals surface area contributed by atoms with Crippen LogP contribution in [0, 0.1) is 0 Å². The Bertz CT molecular complexity index is 359. The Hall–Kier alpha value is -1.51. The van der Waals surface area contributed by atoms with Gasteiger partial charge in [-0.1, -0.05) is 6.07 Å². The van der Waals surface area contributed by atoms with Gasteiger partial charge in [0.2, 0.25) is 0 Å². The average molecular weight is 220 g/mol. The second kappa shape index (κ2) is 5.54. The second-order valence-electron chi connectivity index (χ2n) is 4.51. The van der Waals surface area contributed by atoms with E-state index in [9.17, 15) is 4.79 Å². The van der Waals surface area contributed by atoms with Crippen LogP contribution >= 0.6 is 0 Å². The van der Waals surface area contributed by atoms with Gasteiger partial charge in [0.25, 0.3) is 5.91 Å². The van der Waals surface area contributed by atoms with Crippen molar-refractivity contribution in [1.29, 1.82) is 0 Å². The summed E-state index contributed by atoms with van der Waals surface area (Å²) in [4.78, 5) is 11.8. The minimum absolute atomic E-state index is 0.0255. The molecule has 1 amide bonds. The lowest BCUT2D eigenvalue weighted by molar-refractivity contribution is 0.0943. The average Bonchev–Trinajstić information content (AvgIpc) is 2.16. The standard InChI is InChI=1S/C13H20N2O/c1-9(2)14-12-7-5-6-11(8-12)13(16)15-10(3)4/h5-10,14H,1-4H3,(H,15,16). The van der Waals surface area contributed by atoms with Crippen LogP contribution in [-0.4, -0.2) is 18.0 Å². The fraction of sp³-hybridized carbons (Fsp3) is 0.462. The third kappa shape index (κ3) is 3.93. The molecule has 1 aromatic carbocycles. The van der Waals surface area contributed by atoms with Crippen LogP contribution in [0.2, 0.25) is 0 Å². The fourth-order valence-corrected chi connectivity index (χ4v) is 1.43. The summed E-state index contributed by atoms with van der Waals surface area (Å²) in [7, 11) is 0. The van der Waals surface area contributed by atoms with E-state index in [1.807, 2.05) is 38.1 Å². The Morgan fingerprint density at radius 2 is 1.81 bits per heavy atom. The maximum absolute atomic E-state index is 11.8. The van der Waals surface area contributed by atoms with Crippen molar-refractivity contribution in [3.63, 3.8) is 0 Å². The van der Waals surface area contributed by atoms with E-state index in [2.05, 4.69) is 24.5 Å². The maximum Gasteiger partial charge on any atom is 0.251 e. The lowest BCUT2D eigenvalue weighted by atomic mass is 10.1. The van der Waals surface area contributed by atoms with Crippen molar-refractivity contribution in [1.82, 2.24) is 5.32 Å². The van der Waals surface area contributed by atoms with Gasteiger partial charge >= 0.3 is 0 Å². The van der Waals surface area contributed by atoms with Gasteiger partial charge in [0.1, 0.15) is 0 Å². The van der Waals surface area contributed by atoms with Gasteiger partial charge in [-0.2, -0.15) is 0 Å². The van der Waals surface area contributed by atoms with Gasteiger partial charge in [-0.05, 0) is 45.9 Å². The summed E-state index contributed by atoms with van der Waals surface area (Å²) in [6.45, 7) is 8.05. The number of benzene rings is 1. The number of hydrogen-bond donors (Lipinski definition) is 2. The molecule has 3 nitrogen and oxygen atoms in total. The second-order valence-corrected chi connectivity index (χ2v) is 4.51. The number of anilines is 1. The van der Waals surface area contributed by atoms with E-state index in [1.165, 1.54) is 0 Å². The Kier molecular flexibility index (Phi) is 4.35. The van der Waals surface area contributed by atoms with E-state index < -0.39 is 0 Å². The number of nitrogens with one attached hydrogen (secondary N) is 2. The molecule has 1 rings (SSSR count). The monoisotopic (exact) mass is 220 g/mol. The topological polar surface area (TPSA) is 41.1 Å². The Balaban J connectivity index is 2.77. The Morgan fingerprint density at radius 3 is 2.38 bits per heavy atom. The first-order valence-electron chi connectivity index (χ1n) is 5.66. The van der Waals surface area contributed by atoms with Gasteiger partial charge in [-0.3, -0.25) is 4.79 Å². The molecule has 0 unspecified atom stereocenters. The quantitative estimate of drug-likeness (QED) is 0.819. The van der Waals surface area contributed by atoms with Crippen LogP contribution in [0.5, 0.6) is 0 Å². The van der Waals surface area contributed by atoms with Gasteiger partial charge in [0.05, 0.1) is 0 Å². The molecular weight excluding hydrogens is 200 g/mol. The van der Waals surface area contributed by atoms with Crippen molar-refractivity contribution in [2.75, 3.05) is 5.32 Å². The summed E-state index contributed by atoms with van der Waals surface area (Å²) in [5.74, 6) is -0.0255. The zero-order valence-electron chi connectivity index (χ0n) is 10.4. The predicted octanol–water partition coefficient (Wildman–Crippen LogP) is 2.65. The third-order valence-corrected chi connectivity index (χ3v) is 2.00. The van der Waals surface area contributed by atoms with Crippen LogP contribution < -0.4 is 10.6 Å². The molecular formula is C13H20N2O. The fourth-order valence-electron chi connectivity index (χ4n) is 1.43. The maximum atomic E-state index is 11.8. The summed E-state index contributed by atoms with van der Waals surface area (Å²) >= 11 is 0. The lowest BCUT2D eigenvalue weighted by Gasteiger charge is -2.12. The molecule has 0 heterocycles. The highest BCUT2D eigenvalue weighted by Gasteiger charge is 2.07. The van der Waals surface area contributed by atoms with E-state index in [1.54, 1.807) is 0 Å². The molecule has 88 valence electrons. The summed E-state index contributed by atoms with van der Waals surface area (Å²) in [6.07, 6.45) is 0. The molecule has 0 aliphatic rings. The molecule has 0 aliphatic heterocycles. The molecule has 2 N–H and O–H groups in total. The minimum atomic E-state index is -0.0255. The molecule has 16 heavy (non-hydrogen) atoms. The van der Waals surface area contributed by atoms with Crippen LogP contribution in [0.25, 0.3) is 0 Å². The van der Waals surface area contributed by atoms with Gasteiger partial charge < -0.3 is 10.6 Å². The largest absolute Gasteiger partial charge is 0.383 e. The first-order chi connectivity index (χ1) is 7.49. The van der Waals surface area contributed by atoms with E-state index in [0.717, 1.165) is 5.69 Å². The number of carbonyl (C=O) groups is 1. The van der Waals surface area contributed by atoms with Crippen LogP contribution in [0.3, 0.4) is 0 Å². The van der Waals surface area contributed by atoms with Gasteiger partial charge in [0.15, 0.2) is 0 Å². The van der Waals surface area contributed by atoms with Crippen LogP contribution in [0.1, 0.15) is 38.1 Å². The predicted molar refractivity (Wildman–Crippen MR) is 67.8 cm³/mol. The SMILES string of the molecule is CC(C)NC(=O)c1cccc(NC(C)C)c1. The molecule has 3 heteroatoms. The Morgan fingerprint density at radius 1 is 1.12 bits per heavy atom. The Labute approximate surface area is 97.2 Å². The third-order valence-electron chi connectivity index (χ3n) is 2.00. The molecule has 0 aromatic heterocycles. The van der Waals surface area contributed by atoms with Crippen molar-refractivity contribution in [3.05, 3.63) is 29.8 Å². The van der Waals surface area contributed by atoms with Crippen LogP contribution in [0.4, 0.5) is 5.69 Å². The normalized spacial score (nSPS) is 10.6. The summed E-state index contributed by atoms with van der Waals surface area (Å²) in [6, 6.07) is 8.07. The lowest BCUT2D eigenvalue weighted by Crippen LogP contribution is -2.30. The highest BCUT2D eigenvalue weighted by molar-refractivity contribution is 5.95. The van der Waals surface area contributed by atoms with Crippen molar-refractivity contribution in [2.45, 2.75) is 39.8 Å². The first-order valence-corrected chi connectivity index (χ1v) is 5.66. The summed E-state index contributed by atoms with van der Waals surface area (Å²) in [5, 5.41) is 6.15. The number of rotatable bonds is 4. The van der Waals surface area contributed by atoms with Crippen molar-refractivity contribution in [3.8, 4) is 0 Å². The number of carbonyl (C=O) groups excluding carboxylic acids is 1. The molecule has 0 saturated heterocycles. The number of amides is 1. The minimum Gasteiger partial charge on any atom is -0.383 e. The molecule has 0 fully saturated rings. The molecule has 0 atom stereocenters. The molecule has 0 spiro atoms. The van der Waals surface area contributed by atoms with Gasteiger partial charge in [-0.25, -0.2) is 0 Å². The van der Waals surface area contributed by atoms with Gasteiger partial charge in [-0.15, -0.1) is 0 Å². The zero-order valence-corrected chi connectivity index (χ0v) is 10.4. The molecule has 1 aromatic rings. The van der Waals surface area contributed by atoms with E-state index in [0.29, 0.717) is 11.6 Å². The molecule has 0 saturated carbocycles. The van der Waals surface area contributed by atoms with Gasteiger partial charge in [0, 0.05) is 23.3 Å². The van der Waals surface area contributed by atoms with E-state index in [-0.39, 0.29) is 11.9 Å². The zero-order chi connectivity index (χ0) is 12.1.